The van der Waals surface area contributed by atoms with Gasteiger partial charge >= 0.3 is 0 Å². The molecular formula is C15H29N3O. The Kier molecular flexibility index (Phi) is 5.64. The molecule has 4 nitrogen and oxygen atoms in total. The first-order chi connectivity index (χ1) is 9.22. The Morgan fingerprint density at radius 2 is 1.95 bits per heavy atom. The van der Waals surface area contributed by atoms with E-state index in [0.29, 0.717) is 11.8 Å². The molecule has 4 heteroatoms. The lowest BCUT2D eigenvalue weighted by atomic mass is 9.96. The molecule has 0 aromatic carbocycles. The quantitative estimate of drug-likeness (QED) is 0.834. The highest BCUT2D eigenvalue weighted by molar-refractivity contribution is 5.81. The molecule has 0 saturated carbocycles. The first-order valence-electron chi connectivity index (χ1n) is 7.90. The molecule has 110 valence electrons. The summed E-state index contributed by atoms with van der Waals surface area (Å²) in [6, 6.07) is 0.0674. The number of carbonyl (C=O) groups is 1. The summed E-state index contributed by atoms with van der Waals surface area (Å²) in [5.74, 6) is 1.06. The Morgan fingerprint density at radius 1 is 1.21 bits per heavy atom. The van der Waals surface area contributed by atoms with Crippen LogP contribution in [0.1, 0.15) is 39.0 Å². The van der Waals surface area contributed by atoms with Crippen molar-refractivity contribution in [1.29, 1.82) is 0 Å². The molecule has 0 aliphatic carbocycles. The van der Waals surface area contributed by atoms with Gasteiger partial charge in [-0.3, -0.25) is 9.69 Å². The number of nitrogens with zero attached hydrogens (tertiary/aromatic N) is 2. The number of hydrogen-bond acceptors (Lipinski definition) is 3. The van der Waals surface area contributed by atoms with Crippen LogP contribution in [0.5, 0.6) is 0 Å². The van der Waals surface area contributed by atoms with Gasteiger partial charge in [-0.2, -0.15) is 0 Å². The molecule has 2 saturated heterocycles. The van der Waals surface area contributed by atoms with Gasteiger partial charge in [0.2, 0.25) is 5.91 Å². The van der Waals surface area contributed by atoms with E-state index < -0.39 is 0 Å². The van der Waals surface area contributed by atoms with Gasteiger partial charge in [-0.15, -0.1) is 0 Å². The third-order valence-corrected chi connectivity index (χ3v) is 4.62. The van der Waals surface area contributed by atoms with Crippen molar-refractivity contribution in [3.8, 4) is 0 Å². The maximum Gasteiger partial charge on any atom is 0.239 e. The number of rotatable bonds is 4. The minimum Gasteiger partial charge on any atom is -0.341 e. The molecule has 19 heavy (non-hydrogen) atoms. The summed E-state index contributed by atoms with van der Waals surface area (Å²) in [7, 11) is 2.02. The van der Waals surface area contributed by atoms with Crippen molar-refractivity contribution in [2.24, 2.45) is 5.92 Å². The third-order valence-electron chi connectivity index (χ3n) is 4.62. The second kappa shape index (κ2) is 7.25. The van der Waals surface area contributed by atoms with E-state index in [0.717, 1.165) is 32.7 Å². The zero-order chi connectivity index (χ0) is 13.7. The molecule has 2 atom stereocenters. The Labute approximate surface area is 117 Å². The Balaban J connectivity index is 1.86. The van der Waals surface area contributed by atoms with Gasteiger partial charge in [-0.25, -0.2) is 0 Å². The highest BCUT2D eigenvalue weighted by Crippen LogP contribution is 2.20. The molecular weight excluding hydrogens is 238 g/mol. The lowest BCUT2D eigenvalue weighted by Crippen LogP contribution is -2.52. The molecule has 0 aromatic rings. The fourth-order valence-electron chi connectivity index (χ4n) is 3.44. The van der Waals surface area contributed by atoms with Crippen molar-refractivity contribution >= 4 is 5.91 Å². The van der Waals surface area contributed by atoms with E-state index in [1.54, 1.807) is 0 Å². The van der Waals surface area contributed by atoms with E-state index in [1.165, 1.54) is 32.1 Å². The summed E-state index contributed by atoms with van der Waals surface area (Å²) in [6.45, 7) is 7.26. The van der Waals surface area contributed by atoms with Crippen LogP contribution >= 0.6 is 0 Å². The van der Waals surface area contributed by atoms with Gasteiger partial charge < -0.3 is 10.2 Å². The van der Waals surface area contributed by atoms with Crippen LogP contribution in [0.25, 0.3) is 0 Å². The van der Waals surface area contributed by atoms with Crippen molar-refractivity contribution < 1.29 is 4.79 Å². The summed E-state index contributed by atoms with van der Waals surface area (Å²) < 4.78 is 0. The van der Waals surface area contributed by atoms with Crippen LogP contribution in [-0.2, 0) is 4.79 Å². The summed E-state index contributed by atoms with van der Waals surface area (Å²) in [6.07, 6.45) is 6.17. The molecule has 0 bridgehead atoms. The second-order valence-corrected chi connectivity index (χ2v) is 6.12. The van der Waals surface area contributed by atoms with E-state index in [9.17, 15) is 4.79 Å². The topological polar surface area (TPSA) is 35.6 Å². The summed E-state index contributed by atoms with van der Waals surface area (Å²) in [5.41, 5.74) is 0. The second-order valence-electron chi connectivity index (χ2n) is 6.12. The van der Waals surface area contributed by atoms with Gasteiger partial charge in [0.25, 0.3) is 0 Å². The number of nitrogens with one attached hydrogen (secondary N) is 1. The molecule has 1 N–H and O–H groups in total. The van der Waals surface area contributed by atoms with Crippen molar-refractivity contribution in [1.82, 2.24) is 15.1 Å². The number of amides is 1. The van der Waals surface area contributed by atoms with Gasteiger partial charge in [0, 0.05) is 19.6 Å². The van der Waals surface area contributed by atoms with Gasteiger partial charge in [0.1, 0.15) is 0 Å². The highest BCUT2D eigenvalue weighted by atomic mass is 16.2. The summed E-state index contributed by atoms with van der Waals surface area (Å²) >= 11 is 0. The molecule has 0 spiro atoms. The maximum atomic E-state index is 12.5. The molecule has 2 aliphatic rings. The van der Waals surface area contributed by atoms with E-state index in [-0.39, 0.29) is 6.04 Å². The lowest BCUT2D eigenvalue weighted by Gasteiger charge is -2.38. The fourth-order valence-corrected chi connectivity index (χ4v) is 3.44. The Bertz CT molecular complexity index is 287. The van der Waals surface area contributed by atoms with Crippen LogP contribution in [0, 0.1) is 5.92 Å². The van der Waals surface area contributed by atoms with Crippen LogP contribution in [0.2, 0.25) is 0 Å². The fraction of sp³-hybridized carbons (Fsp3) is 0.933. The number of piperidine rings is 2. The Morgan fingerprint density at radius 3 is 2.63 bits per heavy atom. The minimum absolute atomic E-state index is 0.0674. The molecule has 0 radical (unpaired) electrons. The predicted octanol–water partition coefficient (Wildman–Crippen LogP) is 1.32. The van der Waals surface area contributed by atoms with Crippen LogP contribution in [0.15, 0.2) is 0 Å². The molecule has 0 aromatic heterocycles. The Hall–Kier alpha value is -0.610. The summed E-state index contributed by atoms with van der Waals surface area (Å²) in [4.78, 5) is 17.0. The SMILES string of the molecule is CNCC1CCCN(C(C)C(=O)N2CCCCC2)C1. The molecule has 2 rings (SSSR count). The minimum atomic E-state index is 0.0674. The van der Waals surface area contributed by atoms with Gasteiger partial charge in [-0.05, 0) is 65.1 Å². The van der Waals surface area contributed by atoms with Gasteiger partial charge in [0.15, 0.2) is 0 Å². The molecule has 2 aliphatic heterocycles. The monoisotopic (exact) mass is 267 g/mol. The van der Waals surface area contributed by atoms with Crippen LogP contribution in [0.3, 0.4) is 0 Å². The van der Waals surface area contributed by atoms with Crippen LogP contribution in [-0.4, -0.2) is 61.5 Å². The molecule has 1 amide bonds. The number of carbonyl (C=O) groups excluding carboxylic acids is 1. The van der Waals surface area contributed by atoms with Crippen LogP contribution in [0.4, 0.5) is 0 Å². The number of likely N-dealkylation sites (tertiary alicyclic amines) is 2. The predicted molar refractivity (Wildman–Crippen MR) is 78.1 cm³/mol. The third kappa shape index (κ3) is 3.93. The van der Waals surface area contributed by atoms with Gasteiger partial charge in [-0.1, -0.05) is 0 Å². The lowest BCUT2D eigenvalue weighted by molar-refractivity contribution is -0.138. The van der Waals surface area contributed by atoms with Crippen molar-refractivity contribution in [2.75, 3.05) is 39.8 Å². The van der Waals surface area contributed by atoms with E-state index in [1.807, 2.05) is 7.05 Å². The van der Waals surface area contributed by atoms with E-state index in [2.05, 4.69) is 22.0 Å². The zero-order valence-electron chi connectivity index (χ0n) is 12.5. The zero-order valence-corrected chi connectivity index (χ0v) is 12.5. The standard InChI is InChI=1S/C15H29N3O/c1-13(15(19)17-8-4-3-5-9-17)18-10-6-7-14(12-18)11-16-2/h13-14,16H,3-12H2,1-2H3. The van der Waals surface area contributed by atoms with Crippen molar-refractivity contribution in [3.63, 3.8) is 0 Å². The van der Waals surface area contributed by atoms with Crippen LogP contribution < -0.4 is 5.32 Å². The van der Waals surface area contributed by atoms with E-state index >= 15 is 0 Å². The van der Waals surface area contributed by atoms with E-state index in [4.69, 9.17) is 0 Å². The first-order valence-corrected chi connectivity index (χ1v) is 7.90. The molecule has 2 unspecified atom stereocenters. The average molecular weight is 267 g/mol. The highest BCUT2D eigenvalue weighted by Gasteiger charge is 2.30. The maximum absolute atomic E-state index is 12.5. The molecule has 2 fully saturated rings. The van der Waals surface area contributed by atoms with Crippen molar-refractivity contribution in [3.05, 3.63) is 0 Å². The largest absolute Gasteiger partial charge is 0.341 e. The van der Waals surface area contributed by atoms with Gasteiger partial charge in [0.05, 0.1) is 6.04 Å². The normalized spacial score (nSPS) is 27.3. The van der Waals surface area contributed by atoms with Crippen molar-refractivity contribution in [2.45, 2.75) is 45.1 Å². The molecule has 2 heterocycles. The smallest absolute Gasteiger partial charge is 0.239 e. The first kappa shape index (κ1) is 14.8. The summed E-state index contributed by atoms with van der Waals surface area (Å²) in [5, 5.41) is 3.27. The number of hydrogen-bond donors (Lipinski definition) is 1. The average Bonchev–Trinajstić information content (AvgIpc) is 2.47.